The van der Waals surface area contributed by atoms with Crippen LogP contribution in [0.5, 0.6) is 0 Å². The molecule has 0 N–H and O–H groups in total. The van der Waals surface area contributed by atoms with Crippen LogP contribution in [0, 0.1) is 13.8 Å². The summed E-state index contributed by atoms with van der Waals surface area (Å²) >= 11 is 4.77. The highest BCUT2D eigenvalue weighted by molar-refractivity contribution is 14.1. The highest BCUT2D eigenvalue weighted by Crippen LogP contribution is 2.34. The van der Waals surface area contributed by atoms with Gasteiger partial charge in [0.05, 0.1) is 4.92 Å². The molecule has 0 aliphatic heterocycles. The van der Waals surface area contributed by atoms with Crippen LogP contribution in [0.4, 0.5) is 14.5 Å². The van der Waals surface area contributed by atoms with E-state index >= 15 is 0 Å². The molecule has 4 nitrogen and oxygen atoms in total. The van der Waals surface area contributed by atoms with Crippen molar-refractivity contribution in [3.8, 4) is 0 Å². The molecule has 1 aromatic heterocycles. The third-order valence-corrected chi connectivity index (χ3v) is 3.19. The predicted octanol–water partition coefficient (Wildman–Crippen LogP) is 3.43. The summed E-state index contributed by atoms with van der Waals surface area (Å²) in [7, 11) is 0. The monoisotopic (exact) mass is 392 g/mol. The number of pyridine rings is 1. The molecule has 0 radical (unpaired) electrons. The Morgan fingerprint density at radius 1 is 1.67 bits per heavy atom. The van der Waals surface area contributed by atoms with E-state index in [0.29, 0.717) is 3.70 Å². The Hall–Kier alpha value is -0.380. The Balaban J connectivity index is 3.49. The van der Waals surface area contributed by atoms with Crippen LogP contribution < -0.4 is 0 Å². The lowest BCUT2D eigenvalue weighted by atomic mass is 10.1. The number of aromatic nitrogens is 1. The molecule has 0 saturated heterocycles. The Morgan fingerprint density at radius 2 is 2.27 bits per heavy atom. The second kappa shape index (κ2) is 5.10. The fourth-order valence-corrected chi connectivity index (χ4v) is 2.76. The van der Waals surface area contributed by atoms with Gasteiger partial charge in [-0.25, -0.2) is 13.8 Å². The number of hydrogen-bond donors (Lipinski definition) is 0. The van der Waals surface area contributed by atoms with E-state index in [1.165, 1.54) is 0 Å². The normalized spacial score (nSPS) is 10.7. The third kappa shape index (κ3) is 2.60. The highest BCUT2D eigenvalue weighted by atomic mass is 127. The van der Waals surface area contributed by atoms with Gasteiger partial charge in [0, 0.05) is 10.9 Å². The van der Waals surface area contributed by atoms with Crippen LogP contribution in [0.2, 0.25) is 0 Å². The van der Waals surface area contributed by atoms with Crippen molar-refractivity contribution in [2.75, 3.05) is 0 Å². The van der Waals surface area contributed by atoms with Gasteiger partial charge in [-0.15, -0.1) is 0 Å². The molecule has 0 bridgehead atoms. The van der Waals surface area contributed by atoms with E-state index in [4.69, 9.17) is 0 Å². The molecule has 1 aromatic rings. The molecule has 15 heavy (non-hydrogen) atoms. The van der Waals surface area contributed by atoms with Gasteiger partial charge in [0.15, 0.2) is 0 Å². The molecular weight excluding hydrogens is 389 g/mol. The zero-order valence-corrected chi connectivity index (χ0v) is 10.8. The molecule has 0 atom stereocenters. The SMILES string of the molecule is O=[N+]([O-])c1cnc(I)c(CBr)c1C(F)F. The first kappa shape index (κ1) is 12.7. The standard InChI is InChI=1S/C7H4BrF2IN2O2/c8-1-3-5(6(9)10)4(13(14)15)2-12-7(3)11/h2,6H,1H2. The summed E-state index contributed by atoms with van der Waals surface area (Å²) in [5, 5.41) is 10.6. The average molecular weight is 393 g/mol. The van der Waals surface area contributed by atoms with Gasteiger partial charge in [0.2, 0.25) is 0 Å². The molecule has 0 aliphatic rings. The summed E-state index contributed by atoms with van der Waals surface area (Å²) in [5.74, 6) is 0. The molecule has 0 spiro atoms. The number of rotatable bonds is 3. The Bertz CT molecular complexity index is 403. The summed E-state index contributed by atoms with van der Waals surface area (Å²) in [4.78, 5) is 13.4. The summed E-state index contributed by atoms with van der Waals surface area (Å²) in [6.07, 6.45) is -2.02. The lowest BCUT2D eigenvalue weighted by Gasteiger charge is -2.07. The van der Waals surface area contributed by atoms with E-state index in [-0.39, 0.29) is 10.9 Å². The minimum absolute atomic E-state index is 0.111. The lowest BCUT2D eigenvalue weighted by molar-refractivity contribution is -0.386. The van der Waals surface area contributed by atoms with Gasteiger partial charge in [-0.1, -0.05) is 15.9 Å². The molecule has 1 rings (SSSR count). The Morgan fingerprint density at radius 3 is 2.67 bits per heavy atom. The first-order chi connectivity index (χ1) is 6.99. The van der Waals surface area contributed by atoms with Crippen LogP contribution >= 0.6 is 38.5 Å². The van der Waals surface area contributed by atoms with E-state index < -0.39 is 22.6 Å². The third-order valence-electron chi connectivity index (χ3n) is 1.70. The second-order valence-electron chi connectivity index (χ2n) is 2.52. The van der Waals surface area contributed by atoms with Crippen molar-refractivity contribution < 1.29 is 13.7 Å². The van der Waals surface area contributed by atoms with Crippen molar-refractivity contribution in [3.63, 3.8) is 0 Å². The first-order valence-electron chi connectivity index (χ1n) is 3.64. The minimum Gasteiger partial charge on any atom is -0.258 e. The van der Waals surface area contributed by atoms with E-state index in [0.717, 1.165) is 6.20 Å². The van der Waals surface area contributed by atoms with Crippen LogP contribution in [-0.4, -0.2) is 9.91 Å². The number of hydrogen-bond acceptors (Lipinski definition) is 3. The maximum atomic E-state index is 12.7. The van der Waals surface area contributed by atoms with Crippen LogP contribution in [0.25, 0.3) is 0 Å². The van der Waals surface area contributed by atoms with Crippen molar-refractivity contribution in [2.24, 2.45) is 0 Å². The molecule has 0 amide bonds. The van der Waals surface area contributed by atoms with Crippen LogP contribution in [0.1, 0.15) is 17.6 Å². The zero-order chi connectivity index (χ0) is 11.6. The van der Waals surface area contributed by atoms with Crippen molar-refractivity contribution in [3.05, 3.63) is 31.1 Å². The topological polar surface area (TPSA) is 56.0 Å². The molecule has 0 aliphatic carbocycles. The highest BCUT2D eigenvalue weighted by Gasteiger charge is 2.27. The second-order valence-corrected chi connectivity index (χ2v) is 4.10. The van der Waals surface area contributed by atoms with Crippen molar-refractivity contribution >= 4 is 44.2 Å². The van der Waals surface area contributed by atoms with Gasteiger partial charge in [0.25, 0.3) is 12.1 Å². The smallest absolute Gasteiger partial charge is 0.258 e. The van der Waals surface area contributed by atoms with Gasteiger partial charge < -0.3 is 0 Å². The zero-order valence-electron chi connectivity index (χ0n) is 7.08. The van der Waals surface area contributed by atoms with Crippen LogP contribution in [-0.2, 0) is 5.33 Å². The molecule has 0 unspecified atom stereocenters. The molecule has 8 heteroatoms. The molecule has 82 valence electrons. The maximum absolute atomic E-state index is 12.7. The summed E-state index contributed by atoms with van der Waals surface area (Å²) in [6, 6.07) is 0. The van der Waals surface area contributed by atoms with E-state index in [9.17, 15) is 18.9 Å². The Kier molecular flexibility index (Phi) is 4.32. The summed E-state index contributed by atoms with van der Waals surface area (Å²) < 4.78 is 25.7. The van der Waals surface area contributed by atoms with Crippen LogP contribution in [0.15, 0.2) is 6.20 Å². The fraction of sp³-hybridized carbons (Fsp3) is 0.286. The fourth-order valence-electron chi connectivity index (χ4n) is 1.05. The maximum Gasteiger partial charge on any atom is 0.296 e. The van der Waals surface area contributed by atoms with Crippen molar-refractivity contribution in [2.45, 2.75) is 11.8 Å². The largest absolute Gasteiger partial charge is 0.296 e. The van der Waals surface area contributed by atoms with Gasteiger partial charge in [0.1, 0.15) is 15.5 Å². The minimum atomic E-state index is -2.88. The number of nitro groups is 1. The van der Waals surface area contributed by atoms with Gasteiger partial charge in [-0.2, -0.15) is 0 Å². The predicted molar refractivity (Wildman–Crippen MR) is 61.2 cm³/mol. The van der Waals surface area contributed by atoms with Crippen LogP contribution in [0.3, 0.4) is 0 Å². The van der Waals surface area contributed by atoms with E-state index in [2.05, 4.69) is 20.9 Å². The van der Waals surface area contributed by atoms with E-state index in [1.54, 1.807) is 22.6 Å². The molecule has 1 heterocycles. The van der Waals surface area contributed by atoms with Gasteiger partial charge in [-0.05, 0) is 22.6 Å². The summed E-state index contributed by atoms with van der Waals surface area (Å²) in [6.45, 7) is 0. The lowest BCUT2D eigenvalue weighted by Crippen LogP contribution is -2.04. The number of alkyl halides is 3. The molecule has 0 saturated carbocycles. The molecular formula is C7H4BrF2IN2O2. The van der Waals surface area contributed by atoms with Gasteiger partial charge in [-0.3, -0.25) is 10.1 Å². The van der Waals surface area contributed by atoms with Crippen molar-refractivity contribution in [1.82, 2.24) is 4.98 Å². The molecule has 0 aromatic carbocycles. The summed E-state index contributed by atoms with van der Waals surface area (Å²) in [5.41, 5.74) is -1.03. The number of halogens is 4. The number of nitrogens with zero attached hydrogens (tertiary/aromatic N) is 2. The molecule has 0 fully saturated rings. The van der Waals surface area contributed by atoms with Crippen molar-refractivity contribution in [1.29, 1.82) is 0 Å². The quantitative estimate of drug-likeness (QED) is 0.260. The van der Waals surface area contributed by atoms with E-state index in [1.807, 2.05) is 0 Å². The van der Waals surface area contributed by atoms with Gasteiger partial charge >= 0.3 is 0 Å². The average Bonchev–Trinajstić information content (AvgIpc) is 2.16. The Labute approximate surface area is 105 Å². The first-order valence-corrected chi connectivity index (χ1v) is 5.84.